The molecule has 0 radical (unpaired) electrons. The van der Waals surface area contributed by atoms with Crippen LogP contribution >= 0.6 is 0 Å². The van der Waals surface area contributed by atoms with Crippen molar-refractivity contribution in [3.05, 3.63) is 0 Å². The maximum absolute atomic E-state index is 10.7. The summed E-state index contributed by atoms with van der Waals surface area (Å²) in [6.45, 7) is 2.63. The molecule has 0 fully saturated rings. The van der Waals surface area contributed by atoms with Crippen LogP contribution in [0.4, 0.5) is 4.79 Å². The van der Waals surface area contributed by atoms with E-state index in [2.05, 4.69) is 5.32 Å². The number of hydrogen-bond acceptors (Lipinski definition) is 2. The average molecular weight is 128 g/mol. The molecule has 4 heteroatoms. The number of nitrogens with one attached hydrogen (secondary N) is 1. The van der Waals surface area contributed by atoms with Gasteiger partial charge in [0.05, 0.1) is 0 Å². The molecule has 0 bridgehead atoms. The molecular formula is C5H13BN2O. The van der Waals surface area contributed by atoms with E-state index < -0.39 is 0 Å². The first-order valence-corrected chi connectivity index (χ1v) is 3.08. The summed E-state index contributed by atoms with van der Waals surface area (Å²) < 4.78 is 0. The van der Waals surface area contributed by atoms with Gasteiger partial charge in [-0.2, -0.15) is 0 Å². The van der Waals surface area contributed by atoms with Gasteiger partial charge in [0.25, 0.3) is 0 Å². The highest BCUT2D eigenvalue weighted by Gasteiger charge is 2.02. The fraction of sp³-hybridized carbons (Fsp3) is 0.800. The van der Waals surface area contributed by atoms with Gasteiger partial charge in [-0.15, -0.1) is 0 Å². The van der Waals surface area contributed by atoms with Crippen LogP contribution in [0, 0.1) is 0 Å². The van der Waals surface area contributed by atoms with Crippen LogP contribution in [0.2, 0.25) is 0 Å². The maximum Gasteiger partial charge on any atom is 0.313 e. The van der Waals surface area contributed by atoms with Crippen molar-refractivity contribution in [2.75, 3.05) is 20.6 Å². The van der Waals surface area contributed by atoms with Gasteiger partial charge in [-0.3, -0.25) is 4.79 Å². The van der Waals surface area contributed by atoms with Crippen LogP contribution in [-0.4, -0.2) is 38.7 Å². The van der Waals surface area contributed by atoms with Crippen molar-refractivity contribution >= 4 is 13.2 Å². The molecule has 0 aliphatic carbocycles. The van der Waals surface area contributed by atoms with E-state index in [9.17, 15) is 4.79 Å². The molecule has 0 spiro atoms. The number of nitrogens with zero attached hydrogens (tertiary/aromatic N) is 1. The number of rotatable bonds is 3. The van der Waals surface area contributed by atoms with Crippen molar-refractivity contribution in [2.24, 2.45) is 0 Å². The van der Waals surface area contributed by atoms with E-state index in [1.54, 1.807) is 0 Å². The predicted molar refractivity (Wildman–Crippen MR) is 39.9 cm³/mol. The van der Waals surface area contributed by atoms with E-state index >= 15 is 0 Å². The number of amides is 1. The lowest BCUT2D eigenvalue weighted by Crippen LogP contribution is -2.35. The van der Waals surface area contributed by atoms with Crippen LogP contribution in [0.25, 0.3) is 0 Å². The Morgan fingerprint density at radius 1 is 1.67 bits per heavy atom. The van der Waals surface area contributed by atoms with Crippen LogP contribution in [-0.2, 0) is 0 Å². The number of hydrogen-bond donors (Lipinski definition) is 1. The molecule has 1 amide bonds. The van der Waals surface area contributed by atoms with Crippen molar-refractivity contribution in [3.8, 4) is 0 Å². The summed E-state index contributed by atoms with van der Waals surface area (Å²) in [4.78, 5) is 12.5. The standard InChI is InChI=1S/C5H13BN2O/c1-4-7-5(9)6-8(2)3/h6H,4H2,1-3H3,(H,7,9). The monoisotopic (exact) mass is 128 g/mol. The minimum atomic E-state index is 0.0856. The van der Waals surface area contributed by atoms with Gasteiger partial charge in [0.15, 0.2) is 5.81 Å². The number of carbonyl (C=O) groups excluding carboxylic acids is 1. The predicted octanol–water partition coefficient (Wildman–Crippen LogP) is -0.371. The van der Waals surface area contributed by atoms with E-state index in [0.717, 1.165) is 0 Å². The highest BCUT2D eigenvalue weighted by atomic mass is 16.1. The van der Waals surface area contributed by atoms with Gasteiger partial charge >= 0.3 is 7.41 Å². The third-order valence-electron chi connectivity index (χ3n) is 0.834. The first kappa shape index (κ1) is 8.49. The smallest absolute Gasteiger partial charge is 0.313 e. The van der Waals surface area contributed by atoms with Crippen LogP contribution in [0.1, 0.15) is 6.92 Å². The topological polar surface area (TPSA) is 32.3 Å². The molecule has 52 valence electrons. The third kappa shape index (κ3) is 5.36. The zero-order valence-electron chi connectivity index (χ0n) is 6.27. The molecule has 0 aromatic carbocycles. The lowest BCUT2D eigenvalue weighted by molar-refractivity contribution is 0.258. The minimum Gasteiger partial charge on any atom is -0.364 e. The maximum atomic E-state index is 10.7. The number of carbonyl (C=O) groups is 1. The van der Waals surface area contributed by atoms with Gasteiger partial charge in [-0.05, 0) is 21.0 Å². The molecule has 0 heterocycles. The summed E-state index contributed by atoms with van der Waals surface area (Å²) in [7, 11) is 4.22. The Balaban J connectivity index is 3.27. The summed E-state index contributed by atoms with van der Waals surface area (Å²) in [5.41, 5.74) is 0. The molecule has 0 aliphatic heterocycles. The van der Waals surface area contributed by atoms with Gasteiger partial charge < -0.3 is 10.1 Å². The zero-order valence-corrected chi connectivity index (χ0v) is 6.27. The molecule has 0 unspecified atom stereocenters. The minimum absolute atomic E-state index is 0.0856. The Kier molecular flexibility index (Phi) is 4.14. The summed E-state index contributed by atoms with van der Waals surface area (Å²) >= 11 is 0. The third-order valence-corrected chi connectivity index (χ3v) is 0.834. The summed E-state index contributed by atoms with van der Waals surface area (Å²) in [6, 6.07) is 0. The highest BCUT2D eigenvalue weighted by Crippen LogP contribution is 1.71. The zero-order chi connectivity index (χ0) is 7.28. The molecule has 3 nitrogen and oxygen atoms in total. The summed E-state index contributed by atoms with van der Waals surface area (Å²) in [5.74, 6) is 0.0856. The molecule has 0 aromatic heterocycles. The normalized spacial score (nSPS) is 9.33. The first-order chi connectivity index (χ1) is 4.16. The van der Waals surface area contributed by atoms with Crippen molar-refractivity contribution in [1.82, 2.24) is 10.1 Å². The second-order valence-corrected chi connectivity index (χ2v) is 2.19. The average Bonchev–Trinajstić information content (AvgIpc) is 1.63. The molecule has 0 saturated carbocycles. The van der Waals surface area contributed by atoms with Gasteiger partial charge in [0.1, 0.15) is 0 Å². The molecule has 0 atom stereocenters. The van der Waals surface area contributed by atoms with Crippen LogP contribution in [0.3, 0.4) is 0 Å². The highest BCUT2D eigenvalue weighted by molar-refractivity contribution is 6.71. The van der Waals surface area contributed by atoms with Gasteiger partial charge in [0, 0.05) is 6.54 Å². The van der Waals surface area contributed by atoms with E-state index in [1.165, 1.54) is 0 Å². The van der Waals surface area contributed by atoms with Crippen molar-refractivity contribution in [2.45, 2.75) is 6.92 Å². The quantitative estimate of drug-likeness (QED) is 0.526. The van der Waals surface area contributed by atoms with Crippen molar-refractivity contribution in [3.63, 3.8) is 0 Å². The molecule has 0 rings (SSSR count). The Morgan fingerprint density at radius 2 is 2.22 bits per heavy atom. The lowest BCUT2D eigenvalue weighted by atomic mass is 9.92. The van der Waals surface area contributed by atoms with Gasteiger partial charge in [-0.1, -0.05) is 0 Å². The molecular weight excluding hydrogens is 115 g/mol. The second-order valence-electron chi connectivity index (χ2n) is 2.19. The molecule has 0 saturated heterocycles. The van der Waals surface area contributed by atoms with E-state index in [4.69, 9.17) is 0 Å². The fourth-order valence-electron chi connectivity index (χ4n) is 0.540. The van der Waals surface area contributed by atoms with Crippen LogP contribution in [0.15, 0.2) is 0 Å². The van der Waals surface area contributed by atoms with Gasteiger partial charge in [-0.25, -0.2) is 0 Å². The Hall–Kier alpha value is -0.505. The second kappa shape index (κ2) is 4.38. The van der Waals surface area contributed by atoms with Gasteiger partial charge in [0.2, 0.25) is 0 Å². The lowest BCUT2D eigenvalue weighted by Gasteiger charge is -2.05. The molecule has 9 heavy (non-hydrogen) atoms. The molecule has 1 N–H and O–H groups in total. The van der Waals surface area contributed by atoms with Crippen LogP contribution in [0.5, 0.6) is 0 Å². The Morgan fingerprint density at radius 3 is 2.56 bits per heavy atom. The Bertz CT molecular complexity index is 95.0. The molecule has 0 aromatic rings. The SMILES string of the molecule is CCNC(=O)BN(C)C. The van der Waals surface area contributed by atoms with Crippen molar-refractivity contribution in [1.29, 1.82) is 0 Å². The first-order valence-electron chi connectivity index (χ1n) is 3.08. The summed E-state index contributed by atoms with van der Waals surface area (Å²) in [6.07, 6.45) is 0. The van der Waals surface area contributed by atoms with E-state index in [-0.39, 0.29) is 5.81 Å². The summed E-state index contributed by atoms with van der Waals surface area (Å²) in [5, 5.41) is 2.70. The molecule has 0 aliphatic rings. The van der Waals surface area contributed by atoms with E-state index in [1.807, 2.05) is 25.8 Å². The Labute approximate surface area is 56.7 Å². The largest absolute Gasteiger partial charge is 0.364 e. The van der Waals surface area contributed by atoms with Crippen LogP contribution < -0.4 is 5.32 Å². The van der Waals surface area contributed by atoms with E-state index in [0.29, 0.717) is 14.0 Å². The van der Waals surface area contributed by atoms with Crippen molar-refractivity contribution < 1.29 is 4.79 Å². The fourth-order valence-corrected chi connectivity index (χ4v) is 0.540.